The van der Waals surface area contributed by atoms with E-state index in [4.69, 9.17) is 0 Å². The highest BCUT2D eigenvalue weighted by Crippen LogP contribution is 2.23. The van der Waals surface area contributed by atoms with Crippen molar-refractivity contribution in [1.82, 2.24) is 24.7 Å². The van der Waals surface area contributed by atoms with Gasteiger partial charge < -0.3 is 19.9 Å². The number of anilines is 1. The van der Waals surface area contributed by atoms with Gasteiger partial charge in [-0.25, -0.2) is 4.79 Å². The van der Waals surface area contributed by atoms with E-state index in [1.807, 2.05) is 11.5 Å². The molecule has 3 N–H and O–H groups in total. The van der Waals surface area contributed by atoms with Gasteiger partial charge in [-0.1, -0.05) is 31.5 Å². The van der Waals surface area contributed by atoms with Gasteiger partial charge in [0.25, 0.3) is 0 Å². The van der Waals surface area contributed by atoms with E-state index in [1.165, 1.54) is 11.8 Å². The van der Waals surface area contributed by atoms with Crippen LogP contribution in [0, 0.1) is 0 Å². The van der Waals surface area contributed by atoms with Crippen LogP contribution in [0.4, 0.5) is 5.69 Å². The van der Waals surface area contributed by atoms with Crippen molar-refractivity contribution < 1.29 is 4.79 Å². The van der Waals surface area contributed by atoms with E-state index in [0.29, 0.717) is 16.7 Å². The van der Waals surface area contributed by atoms with Gasteiger partial charge in [-0.2, -0.15) is 0 Å². The van der Waals surface area contributed by atoms with E-state index in [-0.39, 0.29) is 16.8 Å². The molecule has 1 amide bonds. The van der Waals surface area contributed by atoms with Crippen LogP contribution in [0.3, 0.4) is 0 Å². The third-order valence-electron chi connectivity index (χ3n) is 4.02. The van der Waals surface area contributed by atoms with Crippen molar-refractivity contribution >= 4 is 34.4 Å². The molecule has 0 unspecified atom stereocenters. The van der Waals surface area contributed by atoms with Gasteiger partial charge in [-0.05, 0) is 31.5 Å². The molecule has 26 heavy (non-hydrogen) atoms. The van der Waals surface area contributed by atoms with Crippen LogP contribution in [0.25, 0.3) is 11.0 Å². The molecule has 3 aromatic rings. The highest BCUT2D eigenvalue weighted by Gasteiger charge is 2.18. The zero-order chi connectivity index (χ0) is 18.5. The molecule has 9 heteroatoms. The van der Waals surface area contributed by atoms with Crippen LogP contribution < -0.4 is 11.0 Å². The van der Waals surface area contributed by atoms with Crippen LogP contribution in [0.15, 0.2) is 34.5 Å². The summed E-state index contributed by atoms with van der Waals surface area (Å²) in [5.74, 6) is -0.129. The molecule has 3 rings (SSSR count). The molecule has 138 valence electrons. The number of nitrogens with zero attached hydrogens (tertiary/aromatic N) is 3. The van der Waals surface area contributed by atoms with Gasteiger partial charge in [-0.15, -0.1) is 10.2 Å². The first-order chi connectivity index (χ1) is 12.6. The second kappa shape index (κ2) is 8.22. The molecule has 0 aliphatic heterocycles. The average molecular weight is 374 g/mol. The molecule has 2 heterocycles. The second-order valence-corrected chi connectivity index (χ2v) is 7.41. The minimum Gasteiger partial charge on any atom is -0.325 e. The largest absolute Gasteiger partial charge is 0.325 e. The first-order valence-electron chi connectivity index (χ1n) is 8.64. The van der Waals surface area contributed by atoms with Gasteiger partial charge in [0.2, 0.25) is 5.91 Å². The third kappa shape index (κ3) is 4.34. The van der Waals surface area contributed by atoms with Crippen molar-refractivity contribution in [1.29, 1.82) is 0 Å². The van der Waals surface area contributed by atoms with Gasteiger partial charge in [0.1, 0.15) is 6.33 Å². The predicted octanol–water partition coefficient (Wildman–Crippen LogP) is 2.76. The van der Waals surface area contributed by atoms with E-state index in [0.717, 1.165) is 31.0 Å². The monoisotopic (exact) mass is 374 g/mol. The molecule has 2 aromatic heterocycles. The van der Waals surface area contributed by atoms with Crippen LogP contribution in [0.2, 0.25) is 0 Å². The highest BCUT2D eigenvalue weighted by molar-refractivity contribution is 8.00. The maximum absolute atomic E-state index is 12.5. The number of carbonyl (C=O) groups excluding carboxylic acids is 1. The number of hydrogen-bond acceptors (Lipinski definition) is 5. The van der Waals surface area contributed by atoms with E-state index in [2.05, 4.69) is 32.4 Å². The number of H-pyrrole nitrogens is 2. The number of aromatic nitrogens is 5. The fraction of sp³-hybridized carbons (Fsp3) is 0.412. The molecule has 0 bridgehead atoms. The Bertz CT molecular complexity index is 944. The summed E-state index contributed by atoms with van der Waals surface area (Å²) in [6.45, 7) is 4.85. The van der Waals surface area contributed by atoms with Gasteiger partial charge in [0.05, 0.1) is 16.3 Å². The lowest BCUT2D eigenvalue weighted by Crippen LogP contribution is -2.22. The quantitative estimate of drug-likeness (QED) is 0.415. The van der Waals surface area contributed by atoms with Crippen molar-refractivity contribution in [3.63, 3.8) is 0 Å². The van der Waals surface area contributed by atoms with Gasteiger partial charge in [0, 0.05) is 12.2 Å². The number of benzene rings is 1. The number of aryl methyl sites for hydroxylation is 1. The molecule has 0 saturated carbocycles. The summed E-state index contributed by atoms with van der Waals surface area (Å²) in [4.78, 5) is 29.2. The Hall–Kier alpha value is -2.55. The number of aromatic amines is 2. The van der Waals surface area contributed by atoms with E-state index >= 15 is 0 Å². The van der Waals surface area contributed by atoms with Crippen LogP contribution in [-0.4, -0.2) is 35.9 Å². The van der Waals surface area contributed by atoms with Crippen LogP contribution in [0.5, 0.6) is 0 Å². The third-order valence-corrected chi connectivity index (χ3v) is 5.11. The SMILES string of the molecule is CCCCCn1cnnc1S[C@H](C)C(=O)Nc1ccc2[nH]c(=O)[nH]c2c1. The molecule has 1 aromatic carbocycles. The fourth-order valence-electron chi connectivity index (χ4n) is 2.59. The summed E-state index contributed by atoms with van der Waals surface area (Å²) >= 11 is 1.38. The molecular formula is C17H22N6O2S. The van der Waals surface area contributed by atoms with Gasteiger partial charge in [-0.3, -0.25) is 4.79 Å². The van der Waals surface area contributed by atoms with Crippen molar-refractivity contribution in [3.8, 4) is 0 Å². The Morgan fingerprint density at radius 3 is 2.92 bits per heavy atom. The maximum atomic E-state index is 12.5. The molecule has 0 aliphatic rings. The molecular weight excluding hydrogens is 352 g/mol. The number of rotatable bonds is 8. The Morgan fingerprint density at radius 2 is 2.12 bits per heavy atom. The number of hydrogen-bond donors (Lipinski definition) is 3. The summed E-state index contributed by atoms with van der Waals surface area (Å²) in [5.41, 5.74) is 1.73. The first-order valence-corrected chi connectivity index (χ1v) is 9.52. The van der Waals surface area contributed by atoms with Crippen LogP contribution in [0.1, 0.15) is 33.1 Å². The van der Waals surface area contributed by atoms with E-state index in [1.54, 1.807) is 24.5 Å². The summed E-state index contributed by atoms with van der Waals surface area (Å²) < 4.78 is 1.99. The molecule has 8 nitrogen and oxygen atoms in total. The number of fused-ring (bicyclic) bond motifs is 1. The zero-order valence-corrected chi connectivity index (χ0v) is 15.6. The maximum Gasteiger partial charge on any atom is 0.323 e. The highest BCUT2D eigenvalue weighted by atomic mass is 32.2. The summed E-state index contributed by atoms with van der Waals surface area (Å²) in [6, 6.07) is 5.25. The molecule has 0 radical (unpaired) electrons. The smallest absolute Gasteiger partial charge is 0.323 e. The number of imidazole rings is 1. The lowest BCUT2D eigenvalue weighted by Gasteiger charge is -2.12. The second-order valence-electron chi connectivity index (χ2n) is 6.10. The fourth-order valence-corrected chi connectivity index (χ4v) is 3.44. The number of amides is 1. The Morgan fingerprint density at radius 1 is 1.31 bits per heavy atom. The van der Waals surface area contributed by atoms with Gasteiger partial charge >= 0.3 is 5.69 Å². The van der Waals surface area contributed by atoms with Crippen molar-refractivity contribution in [2.45, 2.75) is 50.1 Å². The van der Waals surface area contributed by atoms with Gasteiger partial charge in [0.15, 0.2) is 5.16 Å². The number of nitrogens with one attached hydrogen (secondary N) is 3. The van der Waals surface area contributed by atoms with Crippen molar-refractivity contribution in [2.24, 2.45) is 0 Å². The van der Waals surface area contributed by atoms with Crippen LogP contribution >= 0.6 is 11.8 Å². The normalized spacial score (nSPS) is 12.4. The lowest BCUT2D eigenvalue weighted by atomic mass is 10.2. The average Bonchev–Trinajstić information content (AvgIpc) is 3.20. The summed E-state index contributed by atoms with van der Waals surface area (Å²) in [7, 11) is 0. The molecule has 0 fully saturated rings. The first kappa shape index (κ1) is 18.2. The standard InChI is InChI=1S/C17H22N6O2S/c1-3-4-5-8-23-10-18-22-17(23)26-11(2)15(24)19-12-6-7-13-14(9-12)21-16(25)20-13/h6-7,9-11H,3-5,8H2,1-2H3,(H,19,24)(H2,20,21,25)/t11-/m1/s1. The van der Waals surface area contributed by atoms with Crippen molar-refractivity contribution in [3.05, 3.63) is 35.0 Å². The molecule has 0 aliphatic carbocycles. The molecule has 0 spiro atoms. The van der Waals surface area contributed by atoms with Crippen molar-refractivity contribution in [2.75, 3.05) is 5.32 Å². The predicted molar refractivity (Wildman–Crippen MR) is 102 cm³/mol. The number of thioether (sulfide) groups is 1. The Labute approximate surface area is 154 Å². The van der Waals surface area contributed by atoms with E-state index in [9.17, 15) is 9.59 Å². The Balaban J connectivity index is 1.62. The number of unbranched alkanes of at least 4 members (excludes halogenated alkanes) is 2. The molecule has 1 atom stereocenters. The molecule has 0 saturated heterocycles. The zero-order valence-electron chi connectivity index (χ0n) is 14.8. The van der Waals surface area contributed by atoms with Crippen LogP contribution in [-0.2, 0) is 11.3 Å². The number of carbonyl (C=O) groups is 1. The Kier molecular flexibility index (Phi) is 5.77. The topological polar surface area (TPSA) is 108 Å². The summed E-state index contributed by atoms with van der Waals surface area (Å²) in [6.07, 6.45) is 5.08. The minimum absolute atomic E-state index is 0.129. The van der Waals surface area contributed by atoms with E-state index < -0.39 is 0 Å². The lowest BCUT2D eigenvalue weighted by molar-refractivity contribution is -0.115. The minimum atomic E-state index is -0.329. The summed E-state index contributed by atoms with van der Waals surface area (Å²) in [5, 5.41) is 11.4.